The van der Waals surface area contributed by atoms with Gasteiger partial charge in [-0.1, -0.05) is 32.0 Å². The van der Waals surface area contributed by atoms with Crippen LogP contribution in [-0.4, -0.2) is 22.2 Å². The maximum absolute atomic E-state index is 10.8. The first kappa shape index (κ1) is 13.2. The van der Waals surface area contributed by atoms with Crippen molar-refractivity contribution in [2.45, 2.75) is 32.6 Å². The van der Waals surface area contributed by atoms with Crippen LogP contribution in [0.25, 0.3) is 0 Å². The van der Waals surface area contributed by atoms with Crippen molar-refractivity contribution in [3.63, 3.8) is 0 Å². The summed E-state index contributed by atoms with van der Waals surface area (Å²) in [6.07, 6.45) is -0.264. The third kappa shape index (κ3) is 3.59. The van der Waals surface area contributed by atoms with E-state index >= 15 is 0 Å². The molecule has 0 spiro atoms. The normalized spacial score (nSPS) is 10.5. The maximum Gasteiger partial charge on any atom is 0.307 e. The quantitative estimate of drug-likeness (QED) is 0.820. The average molecular weight is 236 g/mol. The Bertz CT molecular complexity index is 435. The molecule has 0 aliphatic heterocycles. The zero-order chi connectivity index (χ0) is 13.0. The first-order chi connectivity index (χ1) is 7.91. The second-order valence-electron chi connectivity index (χ2n) is 4.28. The highest BCUT2D eigenvalue weighted by molar-refractivity contribution is 5.75. The molecule has 1 aromatic carbocycles. The molecule has 1 aromatic rings. The van der Waals surface area contributed by atoms with Crippen LogP contribution in [0.1, 0.15) is 36.5 Å². The van der Waals surface area contributed by atoms with Gasteiger partial charge >= 0.3 is 11.9 Å². The molecular formula is C13H16O4. The van der Waals surface area contributed by atoms with Crippen LogP contribution in [0, 0.1) is 0 Å². The van der Waals surface area contributed by atoms with E-state index in [1.54, 1.807) is 12.1 Å². The molecule has 2 N–H and O–H groups in total. The number of hydrogen-bond donors (Lipinski definition) is 2. The van der Waals surface area contributed by atoms with E-state index in [2.05, 4.69) is 0 Å². The van der Waals surface area contributed by atoms with Crippen molar-refractivity contribution in [1.29, 1.82) is 0 Å². The highest BCUT2D eigenvalue weighted by Gasteiger charge is 2.15. The van der Waals surface area contributed by atoms with Crippen LogP contribution in [0.4, 0.5) is 0 Å². The zero-order valence-corrected chi connectivity index (χ0v) is 9.93. The molecule has 0 heterocycles. The van der Waals surface area contributed by atoms with E-state index in [0.717, 1.165) is 5.56 Å². The molecule has 0 amide bonds. The third-order valence-corrected chi connectivity index (χ3v) is 2.60. The van der Waals surface area contributed by atoms with Crippen molar-refractivity contribution in [2.75, 3.05) is 0 Å². The van der Waals surface area contributed by atoms with Crippen molar-refractivity contribution in [3.05, 3.63) is 34.9 Å². The summed E-state index contributed by atoms with van der Waals surface area (Å²) in [7, 11) is 0. The van der Waals surface area contributed by atoms with Crippen LogP contribution < -0.4 is 0 Å². The van der Waals surface area contributed by atoms with Crippen molar-refractivity contribution in [2.24, 2.45) is 0 Å². The number of benzene rings is 1. The van der Waals surface area contributed by atoms with Crippen LogP contribution in [0.5, 0.6) is 0 Å². The fourth-order valence-electron chi connectivity index (χ4n) is 1.89. The average Bonchev–Trinajstić information content (AvgIpc) is 2.18. The molecule has 0 saturated heterocycles. The van der Waals surface area contributed by atoms with Gasteiger partial charge in [-0.15, -0.1) is 0 Å². The fraction of sp³-hybridized carbons (Fsp3) is 0.385. The summed E-state index contributed by atoms with van der Waals surface area (Å²) in [6.45, 7) is 3.93. The zero-order valence-electron chi connectivity index (χ0n) is 9.93. The number of aliphatic carboxylic acids is 2. The van der Waals surface area contributed by atoms with Crippen LogP contribution >= 0.6 is 0 Å². The van der Waals surface area contributed by atoms with Crippen LogP contribution in [0.15, 0.2) is 18.2 Å². The minimum atomic E-state index is -0.947. The van der Waals surface area contributed by atoms with Crippen molar-refractivity contribution >= 4 is 11.9 Å². The van der Waals surface area contributed by atoms with Crippen LogP contribution in [0.2, 0.25) is 0 Å². The molecule has 0 fully saturated rings. The van der Waals surface area contributed by atoms with Gasteiger partial charge in [0.25, 0.3) is 0 Å². The Morgan fingerprint density at radius 3 is 2.18 bits per heavy atom. The van der Waals surface area contributed by atoms with Gasteiger partial charge in [-0.2, -0.15) is 0 Å². The fourth-order valence-corrected chi connectivity index (χ4v) is 1.89. The molecule has 0 saturated carbocycles. The Labute approximate surface area is 99.9 Å². The van der Waals surface area contributed by atoms with Crippen molar-refractivity contribution in [3.8, 4) is 0 Å². The van der Waals surface area contributed by atoms with Gasteiger partial charge in [0, 0.05) is 0 Å². The second-order valence-corrected chi connectivity index (χ2v) is 4.28. The Balaban J connectivity index is 3.23. The molecule has 4 nitrogen and oxygen atoms in total. The number of carboxylic acid groups (broad SMARTS) is 2. The standard InChI is InChI=1S/C13H16O4/c1-8(2)10-5-3-4-9(6-12(14)15)11(10)7-13(16)17/h3-5,8H,6-7H2,1-2H3,(H,14,15)(H,16,17). The van der Waals surface area contributed by atoms with E-state index < -0.39 is 11.9 Å². The number of hydrogen-bond acceptors (Lipinski definition) is 2. The first-order valence-corrected chi connectivity index (χ1v) is 5.46. The molecule has 0 atom stereocenters. The van der Waals surface area contributed by atoms with Gasteiger partial charge < -0.3 is 10.2 Å². The lowest BCUT2D eigenvalue weighted by Gasteiger charge is -2.15. The highest BCUT2D eigenvalue weighted by atomic mass is 16.4. The van der Waals surface area contributed by atoms with E-state index in [1.165, 1.54) is 0 Å². The Morgan fingerprint density at radius 2 is 1.71 bits per heavy atom. The molecular weight excluding hydrogens is 220 g/mol. The number of carboxylic acids is 2. The molecule has 17 heavy (non-hydrogen) atoms. The van der Waals surface area contributed by atoms with Gasteiger partial charge in [0.1, 0.15) is 0 Å². The van der Waals surface area contributed by atoms with Crippen LogP contribution in [0.3, 0.4) is 0 Å². The summed E-state index contributed by atoms with van der Waals surface area (Å²) in [5.41, 5.74) is 2.13. The van der Waals surface area contributed by atoms with Gasteiger partial charge in [-0.25, -0.2) is 0 Å². The summed E-state index contributed by atoms with van der Waals surface area (Å²) in [4.78, 5) is 21.6. The topological polar surface area (TPSA) is 74.6 Å². The molecule has 92 valence electrons. The van der Waals surface area contributed by atoms with Crippen molar-refractivity contribution in [1.82, 2.24) is 0 Å². The predicted octanol–water partition coefficient (Wildman–Crippen LogP) is 2.06. The van der Waals surface area contributed by atoms with E-state index in [9.17, 15) is 9.59 Å². The Morgan fingerprint density at radius 1 is 1.12 bits per heavy atom. The lowest BCUT2D eigenvalue weighted by molar-refractivity contribution is -0.137. The van der Waals surface area contributed by atoms with Gasteiger partial charge in [-0.05, 0) is 22.6 Å². The highest BCUT2D eigenvalue weighted by Crippen LogP contribution is 2.23. The SMILES string of the molecule is CC(C)c1cccc(CC(=O)O)c1CC(=O)O. The largest absolute Gasteiger partial charge is 0.481 e. The summed E-state index contributed by atoms with van der Waals surface area (Å²) in [6, 6.07) is 5.31. The maximum atomic E-state index is 10.8. The molecule has 0 aliphatic carbocycles. The lowest BCUT2D eigenvalue weighted by atomic mass is 9.90. The molecule has 4 heteroatoms. The summed E-state index contributed by atoms with van der Waals surface area (Å²) in [5, 5.41) is 17.7. The summed E-state index contributed by atoms with van der Waals surface area (Å²) < 4.78 is 0. The van der Waals surface area contributed by atoms with Gasteiger partial charge in [0.2, 0.25) is 0 Å². The van der Waals surface area contributed by atoms with E-state index in [1.807, 2.05) is 19.9 Å². The molecule has 0 bridgehead atoms. The summed E-state index contributed by atoms with van der Waals surface area (Å²) >= 11 is 0. The molecule has 0 unspecified atom stereocenters. The Hall–Kier alpha value is -1.84. The van der Waals surface area contributed by atoms with Crippen LogP contribution in [-0.2, 0) is 22.4 Å². The Kier molecular flexibility index (Phi) is 4.26. The number of carbonyl (C=O) groups is 2. The monoisotopic (exact) mass is 236 g/mol. The minimum Gasteiger partial charge on any atom is -0.481 e. The smallest absolute Gasteiger partial charge is 0.307 e. The molecule has 0 aliphatic rings. The predicted molar refractivity (Wildman–Crippen MR) is 63.2 cm³/mol. The van der Waals surface area contributed by atoms with E-state index in [-0.39, 0.29) is 18.8 Å². The van der Waals surface area contributed by atoms with E-state index in [4.69, 9.17) is 10.2 Å². The van der Waals surface area contributed by atoms with Gasteiger partial charge in [0.05, 0.1) is 12.8 Å². The van der Waals surface area contributed by atoms with Gasteiger partial charge in [-0.3, -0.25) is 9.59 Å². The molecule has 0 radical (unpaired) electrons. The first-order valence-electron chi connectivity index (χ1n) is 5.46. The molecule has 1 rings (SSSR count). The molecule has 0 aromatic heterocycles. The van der Waals surface area contributed by atoms with Gasteiger partial charge in [0.15, 0.2) is 0 Å². The number of rotatable bonds is 5. The lowest BCUT2D eigenvalue weighted by Crippen LogP contribution is -2.11. The van der Waals surface area contributed by atoms with E-state index in [0.29, 0.717) is 11.1 Å². The summed E-state index contributed by atoms with van der Waals surface area (Å²) in [5.74, 6) is -1.71. The third-order valence-electron chi connectivity index (χ3n) is 2.60. The van der Waals surface area contributed by atoms with Crippen molar-refractivity contribution < 1.29 is 19.8 Å². The minimum absolute atomic E-state index is 0.128. The second kappa shape index (κ2) is 5.48.